The molecule has 1 aromatic rings. The lowest BCUT2D eigenvalue weighted by atomic mass is 10.2. The first-order valence-electron chi connectivity index (χ1n) is 6.59. The Bertz CT molecular complexity index is 386. The quantitative estimate of drug-likeness (QED) is 0.819. The van der Waals surface area contributed by atoms with Gasteiger partial charge in [0.2, 0.25) is 0 Å². The monoisotopic (exact) mass is 294 g/mol. The van der Waals surface area contributed by atoms with Gasteiger partial charge in [0.05, 0.1) is 10.7 Å². The number of alkyl halides is 3. The fourth-order valence-corrected chi connectivity index (χ4v) is 2.72. The maximum absolute atomic E-state index is 12.2. The Morgan fingerprint density at radius 2 is 1.95 bits per heavy atom. The number of rotatable bonds is 7. The summed E-state index contributed by atoms with van der Waals surface area (Å²) in [6.45, 7) is 6.83. The second-order valence-electron chi connectivity index (χ2n) is 4.88. The van der Waals surface area contributed by atoms with E-state index in [9.17, 15) is 13.2 Å². The molecular formula is C13H21F3N2S. The van der Waals surface area contributed by atoms with E-state index in [-0.39, 0.29) is 6.42 Å². The van der Waals surface area contributed by atoms with Crippen LogP contribution in [0.2, 0.25) is 0 Å². The third-order valence-corrected chi connectivity index (χ3v) is 3.76. The molecule has 1 rings (SSSR count). The van der Waals surface area contributed by atoms with Gasteiger partial charge in [-0.15, -0.1) is 11.3 Å². The Balaban J connectivity index is 2.70. The number of aromatic nitrogens is 1. The lowest BCUT2D eigenvalue weighted by molar-refractivity contribution is -0.134. The lowest BCUT2D eigenvalue weighted by Crippen LogP contribution is -2.21. The zero-order chi connectivity index (χ0) is 14.5. The highest BCUT2D eigenvalue weighted by Crippen LogP contribution is 2.26. The van der Waals surface area contributed by atoms with Gasteiger partial charge in [0, 0.05) is 30.3 Å². The number of thiazole rings is 1. The van der Waals surface area contributed by atoms with Crippen molar-refractivity contribution in [1.82, 2.24) is 10.3 Å². The molecule has 6 heteroatoms. The minimum Gasteiger partial charge on any atom is -0.310 e. The van der Waals surface area contributed by atoms with Crippen molar-refractivity contribution in [1.29, 1.82) is 0 Å². The largest absolute Gasteiger partial charge is 0.389 e. The number of nitrogens with one attached hydrogen (secondary N) is 1. The van der Waals surface area contributed by atoms with E-state index >= 15 is 0 Å². The molecule has 1 aromatic heterocycles. The van der Waals surface area contributed by atoms with Crippen LogP contribution in [0.15, 0.2) is 0 Å². The van der Waals surface area contributed by atoms with Crippen LogP contribution < -0.4 is 5.32 Å². The number of hydrogen-bond acceptors (Lipinski definition) is 3. The minimum absolute atomic E-state index is 0.00738. The van der Waals surface area contributed by atoms with E-state index in [4.69, 9.17) is 0 Å². The zero-order valence-electron chi connectivity index (χ0n) is 11.6. The van der Waals surface area contributed by atoms with Gasteiger partial charge in [-0.1, -0.05) is 27.2 Å². The number of aryl methyl sites for hydroxylation is 2. The second-order valence-corrected chi connectivity index (χ2v) is 6.05. The standard InChI is InChI=1S/C13H21F3N2S/c1-4-5-10-11(8-17-9(2)3)19-12(18-10)6-7-13(14,15)16/h9,17H,4-8H2,1-3H3. The fourth-order valence-electron chi connectivity index (χ4n) is 1.66. The molecule has 0 saturated heterocycles. The molecule has 0 fully saturated rings. The van der Waals surface area contributed by atoms with Crippen molar-refractivity contribution in [3.05, 3.63) is 15.6 Å². The van der Waals surface area contributed by atoms with Crippen molar-refractivity contribution >= 4 is 11.3 Å². The minimum atomic E-state index is -4.10. The second kappa shape index (κ2) is 7.24. The van der Waals surface area contributed by atoms with Crippen LogP contribution in [-0.4, -0.2) is 17.2 Å². The molecule has 19 heavy (non-hydrogen) atoms. The van der Waals surface area contributed by atoms with Gasteiger partial charge in [-0.05, 0) is 6.42 Å². The summed E-state index contributed by atoms with van der Waals surface area (Å²) < 4.78 is 36.6. The van der Waals surface area contributed by atoms with E-state index in [1.54, 1.807) is 0 Å². The van der Waals surface area contributed by atoms with Crippen molar-refractivity contribution in [3.63, 3.8) is 0 Å². The Morgan fingerprint density at radius 3 is 2.47 bits per heavy atom. The lowest BCUT2D eigenvalue weighted by Gasteiger charge is -2.07. The molecule has 1 heterocycles. The molecule has 0 aromatic carbocycles. The zero-order valence-corrected chi connectivity index (χ0v) is 12.4. The van der Waals surface area contributed by atoms with Gasteiger partial charge in [-0.2, -0.15) is 13.2 Å². The number of nitrogens with zero attached hydrogens (tertiary/aromatic N) is 1. The van der Waals surface area contributed by atoms with Crippen LogP contribution in [0.3, 0.4) is 0 Å². The Morgan fingerprint density at radius 1 is 1.26 bits per heavy atom. The van der Waals surface area contributed by atoms with Crippen LogP contribution in [0.5, 0.6) is 0 Å². The van der Waals surface area contributed by atoms with E-state index in [2.05, 4.69) is 10.3 Å². The van der Waals surface area contributed by atoms with Crippen LogP contribution in [0.1, 0.15) is 49.2 Å². The van der Waals surface area contributed by atoms with Crippen molar-refractivity contribution in [2.45, 2.75) is 65.2 Å². The van der Waals surface area contributed by atoms with Crippen LogP contribution in [0, 0.1) is 0 Å². The number of halogens is 3. The van der Waals surface area contributed by atoms with E-state index in [1.807, 2.05) is 20.8 Å². The normalized spacial score (nSPS) is 12.4. The Kier molecular flexibility index (Phi) is 6.26. The Labute approximate surface area is 116 Å². The van der Waals surface area contributed by atoms with Crippen LogP contribution in [-0.2, 0) is 19.4 Å². The summed E-state index contributed by atoms with van der Waals surface area (Å²) in [5.74, 6) is 0. The van der Waals surface area contributed by atoms with E-state index in [0.29, 0.717) is 17.6 Å². The van der Waals surface area contributed by atoms with Gasteiger partial charge in [0.1, 0.15) is 0 Å². The highest BCUT2D eigenvalue weighted by Gasteiger charge is 2.27. The molecule has 0 unspecified atom stereocenters. The summed E-state index contributed by atoms with van der Waals surface area (Å²) in [6.07, 6.45) is -3.11. The molecule has 0 spiro atoms. The summed E-state index contributed by atoms with van der Waals surface area (Å²) in [4.78, 5) is 5.44. The maximum Gasteiger partial charge on any atom is 0.389 e. The van der Waals surface area contributed by atoms with Crippen LogP contribution in [0.4, 0.5) is 13.2 Å². The maximum atomic E-state index is 12.2. The summed E-state index contributed by atoms with van der Waals surface area (Å²) in [6, 6.07) is 0.357. The molecule has 0 aliphatic heterocycles. The first-order valence-corrected chi connectivity index (χ1v) is 7.41. The highest BCUT2D eigenvalue weighted by molar-refractivity contribution is 7.11. The summed E-state index contributed by atoms with van der Waals surface area (Å²) in [5.41, 5.74) is 0.956. The number of hydrogen-bond donors (Lipinski definition) is 1. The molecule has 2 nitrogen and oxygen atoms in total. The van der Waals surface area contributed by atoms with Crippen molar-refractivity contribution in [3.8, 4) is 0 Å². The molecule has 0 aliphatic carbocycles. The van der Waals surface area contributed by atoms with Gasteiger partial charge >= 0.3 is 6.18 Å². The first kappa shape index (κ1) is 16.4. The van der Waals surface area contributed by atoms with E-state index in [1.165, 1.54) is 11.3 Å². The van der Waals surface area contributed by atoms with Crippen molar-refractivity contribution in [2.75, 3.05) is 0 Å². The molecular weight excluding hydrogens is 273 g/mol. The molecule has 1 N–H and O–H groups in total. The van der Waals surface area contributed by atoms with Crippen molar-refractivity contribution in [2.24, 2.45) is 0 Å². The highest BCUT2D eigenvalue weighted by atomic mass is 32.1. The topological polar surface area (TPSA) is 24.9 Å². The molecule has 110 valence electrons. The first-order chi connectivity index (χ1) is 8.81. The van der Waals surface area contributed by atoms with Crippen LogP contribution in [0.25, 0.3) is 0 Å². The molecule has 0 aliphatic rings. The van der Waals surface area contributed by atoms with Gasteiger partial charge < -0.3 is 5.32 Å². The molecule has 0 atom stereocenters. The van der Waals surface area contributed by atoms with Crippen molar-refractivity contribution < 1.29 is 13.2 Å². The van der Waals surface area contributed by atoms with E-state index in [0.717, 1.165) is 23.4 Å². The van der Waals surface area contributed by atoms with Crippen LogP contribution >= 0.6 is 11.3 Å². The SMILES string of the molecule is CCCc1nc(CCC(F)(F)F)sc1CNC(C)C. The average Bonchev–Trinajstić information content (AvgIpc) is 2.66. The van der Waals surface area contributed by atoms with Gasteiger partial charge in [0.15, 0.2) is 0 Å². The summed E-state index contributed by atoms with van der Waals surface area (Å²) in [7, 11) is 0. The summed E-state index contributed by atoms with van der Waals surface area (Å²) in [5, 5.41) is 3.89. The predicted molar refractivity (Wildman–Crippen MR) is 72.5 cm³/mol. The fraction of sp³-hybridized carbons (Fsp3) is 0.769. The van der Waals surface area contributed by atoms with Gasteiger partial charge in [0.25, 0.3) is 0 Å². The summed E-state index contributed by atoms with van der Waals surface area (Å²) >= 11 is 1.41. The Hall–Kier alpha value is -0.620. The molecule has 0 saturated carbocycles. The third-order valence-electron chi connectivity index (χ3n) is 2.60. The molecule has 0 amide bonds. The smallest absolute Gasteiger partial charge is 0.310 e. The molecule has 0 bridgehead atoms. The van der Waals surface area contributed by atoms with Gasteiger partial charge in [-0.3, -0.25) is 0 Å². The molecule has 0 radical (unpaired) electrons. The average molecular weight is 294 g/mol. The van der Waals surface area contributed by atoms with Gasteiger partial charge in [-0.25, -0.2) is 4.98 Å². The predicted octanol–water partition coefficient (Wildman–Crippen LogP) is 4.09. The van der Waals surface area contributed by atoms with E-state index < -0.39 is 12.6 Å². The third kappa shape index (κ3) is 6.38.